The zero-order chi connectivity index (χ0) is 14.0. The van der Waals surface area contributed by atoms with Gasteiger partial charge >= 0.3 is 6.03 Å². The second-order valence-corrected chi connectivity index (χ2v) is 5.64. The van der Waals surface area contributed by atoms with Crippen LogP contribution in [-0.2, 0) is 10.3 Å². The van der Waals surface area contributed by atoms with Crippen molar-refractivity contribution in [2.45, 2.75) is 37.3 Å². The Bertz CT molecular complexity index is 494. The standard InChI is InChI=1S/C15H21N3O2/c16-13-6-2-1-5-12(13)15(7-8-15)18-14(19)17-10-11-4-3-9-20-11/h1-2,5-6,11H,3-4,7-10,16H2,(H2,17,18,19). The van der Waals surface area contributed by atoms with Crippen LogP contribution in [0.1, 0.15) is 31.2 Å². The molecule has 0 bridgehead atoms. The van der Waals surface area contributed by atoms with Crippen molar-refractivity contribution in [2.75, 3.05) is 18.9 Å². The van der Waals surface area contributed by atoms with Gasteiger partial charge in [0.1, 0.15) is 0 Å². The molecule has 1 atom stereocenters. The zero-order valence-electron chi connectivity index (χ0n) is 11.5. The van der Waals surface area contributed by atoms with Crippen molar-refractivity contribution in [2.24, 2.45) is 0 Å². The van der Waals surface area contributed by atoms with Crippen LogP contribution >= 0.6 is 0 Å². The Kier molecular flexibility index (Phi) is 3.53. The lowest BCUT2D eigenvalue weighted by molar-refractivity contribution is 0.111. The summed E-state index contributed by atoms with van der Waals surface area (Å²) in [4.78, 5) is 12.0. The first-order chi connectivity index (χ1) is 9.70. The predicted octanol–water partition coefficient (Wildman–Crippen LogP) is 1.74. The molecule has 0 radical (unpaired) electrons. The number of hydrogen-bond acceptors (Lipinski definition) is 3. The highest BCUT2D eigenvalue weighted by Gasteiger charge is 2.46. The minimum atomic E-state index is -0.272. The smallest absolute Gasteiger partial charge is 0.315 e. The summed E-state index contributed by atoms with van der Waals surface area (Å²) in [7, 11) is 0. The summed E-state index contributed by atoms with van der Waals surface area (Å²) in [5.41, 5.74) is 7.49. The fourth-order valence-electron chi connectivity index (χ4n) is 2.79. The number of hydrogen-bond donors (Lipinski definition) is 3. The zero-order valence-corrected chi connectivity index (χ0v) is 11.5. The van der Waals surface area contributed by atoms with Crippen molar-refractivity contribution in [3.05, 3.63) is 29.8 Å². The van der Waals surface area contributed by atoms with E-state index in [0.29, 0.717) is 6.54 Å². The number of nitrogens with two attached hydrogens (primary N) is 1. The number of benzene rings is 1. The first-order valence-corrected chi connectivity index (χ1v) is 7.22. The summed E-state index contributed by atoms with van der Waals surface area (Å²) in [6.45, 7) is 1.38. The van der Waals surface area contributed by atoms with Crippen molar-refractivity contribution >= 4 is 11.7 Å². The highest BCUT2D eigenvalue weighted by atomic mass is 16.5. The summed E-state index contributed by atoms with van der Waals surface area (Å²) in [5.74, 6) is 0. The van der Waals surface area contributed by atoms with Crippen LogP contribution in [-0.4, -0.2) is 25.3 Å². The molecular weight excluding hydrogens is 254 g/mol. The molecule has 1 unspecified atom stereocenters. The van der Waals surface area contributed by atoms with Crippen LogP contribution in [0, 0.1) is 0 Å². The van der Waals surface area contributed by atoms with Crippen LogP contribution < -0.4 is 16.4 Å². The van der Waals surface area contributed by atoms with Crippen LogP contribution in [0.4, 0.5) is 10.5 Å². The summed E-state index contributed by atoms with van der Waals surface area (Å²) in [6.07, 6.45) is 4.15. The van der Waals surface area contributed by atoms with Crippen molar-refractivity contribution in [1.82, 2.24) is 10.6 Å². The second-order valence-electron chi connectivity index (χ2n) is 5.64. The number of ether oxygens (including phenoxy) is 1. The molecule has 1 aromatic carbocycles. The molecule has 5 heteroatoms. The Hall–Kier alpha value is -1.75. The van der Waals surface area contributed by atoms with Crippen molar-refractivity contribution in [1.29, 1.82) is 0 Å². The van der Waals surface area contributed by atoms with Gasteiger partial charge < -0.3 is 21.1 Å². The number of carbonyl (C=O) groups excluding carboxylic acids is 1. The lowest BCUT2D eigenvalue weighted by Crippen LogP contribution is -2.44. The minimum Gasteiger partial charge on any atom is -0.398 e. The van der Waals surface area contributed by atoms with E-state index in [9.17, 15) is 4.79 Å². The molecule has 1 aliphatic carbocycles. The molecule has 2 aliphatic rings. The van der Waals surface area contributed by atoms with Crippen LogP contribution in [0.25, 0.3) is 0 Å². The number of anilines is 1. The van der Waals surface area contributed by atoms with E-state index in [1.54, 1.807) is 0 Å². The molecule has 1 saturated heterocycles. The summed E-state index contributed by atoms with van der Waals surface area (Å²) in [6, 6.07) is 7.59. The van der Waals surface area contributed by atoms with E-state index in [4.69, 9.17) is 10.5 Å². The average Bonchev–Trinajstić information content (AvgIpc) is 3.02. The van der Waals surface area contributed by atoms with Gasteiger partial charge in [-0.15, -0.1) is 0 Å². The van der Waals surface area contributed by atoms with Crippen molar-refractivity contribution in [3.8, 4) is 0 Å². The third-order valence-corrected chi connectivity index (χ3v) is 4.09. The van der Waals surface area contributed by atoms with Crippen LogP contribution in [0.15, 0.2) is 24.3 Å². The van der Waals surface area contributed by atoms with Gasteiger partial charge in [-0.25, -0.2) is 4.79 Å². The number of para-hydroxylation sites is 1. The lowest BCUT2D eigenvalue weighted by Gasteiger charge is -2.20. The van der Waals surface area contributed by atoms with Crippen LogP contribution in [0.5, 0.6) is 0 Å². The van der Waals surface area contributed by atoms with Gasteiger partial charge in [0.05, 0.1) is 11.6 Å². The van der Waals surface area contributed by atoms with Gasteiger partial charge in [-0.2, -0.15) is 0 Å². The molecular formula is C15H21N3O2. The highest BCUT2D eigenvalue weighted by Crippen LogP contribution is 2.47. The molecule has 1 aliphatic heterocycles. The topological polar surface area (TPSA) is 76.4 Å². The Morgan fingerprint density at radius 3 is 2.85 bits per heavy atom. The van der Waals surface area contributed by atoms with Gasteiger partial charge in [0.25, 0.3) is 0 Å². The summed E-state index contributed by atoms with van der Waals surface area (Å²) in [5, 5.41) is 5.96. The van der Waals surface area contributed by atoms with E-state index in [0.717, 1.165) is 43.5 Å². The Morgan fingerprint density at radius 2 is 2.20 bits per heavy atom. The molecule has 20 heavy (non-hydrogen) atoms. The Labute approximate surface area is 118 Å². The molecule has 2 fully saturated rings. The predicted molar refractivity (Wildman–Crippen MR) is 77.3 cm³/mol. The van der Waals surface area contributed by atoms with E-state index in [-0.39, 0.29) is 17.7 Å². The third kappa shape index (κ3) is 2.72. The van der Waals surface area contributed by atoms with E-state index in [1.165, 1.54) is 0 Å². The molecule has 2 amide bonds. The molecule has 5 nitrogen and oxygen atoms in total. The molecule has 1 heterocycles. The number of nitrogen functional groups attached to an aromatic ring is 1. The Balaban J connectivity index is 1.57. The fourth-order valence-corrected chi connectivity index (χ4v) is 2.79. The van der Waals surface area contributed by atoms with Gasteiger partial charge in [-0.1, -0.05) is 18.2 Å². The normalized spacial score (nSPS) is 23.3. The minimum absolute atomic E-state index is 0.138. The first kappa shape index (κ1) is 13.2. The van der Waals surface area contributed by atoms with Crippen molar-refractivity contribution < 1.29 is 9.53 Å². The van der Waals surface area contributed by atoms with Crippen LogP contribution in [0.2, 0.25) is 0 Å². The van der Waals surface area contributed by atoms with Gasteiger partial charge in [-0.05, 0) is 31.7 Å². The highest BCUT2D eigenvalue weighted by molar-refractivity contribution is 5.76. The van der Waals surface area contributed by atoms with Crippen LogP contribution in [0.3, 0.4) is 0 Å². The van der Waals surface area contributed by atoms with E-state index >= 15 is 0 Å². The van der Waals surface area contributed by atoms with Gasteiger partial charge in [0.2, 0.25) is 0 Å². The molecule has 1 aromatic rings. The van der Waals surface area contributed by atoms with Crippen molar-refractivity contribution in [3.63, 3.8) is 0 Å². The van der Waals surface area contributed by atoms with Gasteiger partial charge in [0, 0.05) is 24.4 Å². The molecule has 3 rings (SSSR count). The first-order valence-electron chi connectivity index (χ1n) is 7.22. The van der Waals surface area contributed by atoms with E-state index < -0.39 is 0 Å². The molecule has 0 aromatic heterocycles. The lowest BCUT2D eigenvalue weighted by atomic mass is 10.0. The Morgan fingerprint density at radius 1 is 1.40 bits per heavy atom. The number of nitrogens with one attached hydrogen (secondary N) is 2. The number of rotatable bonds is 4. The number of urea groups is 1. The molecule has 1 saturated carbocycles. The molecule has 4 N–H and O–H groups in total. The average molecular weight is 275 g/mol. The monoisotopic (exact) mass is 275 g/mol. The maximum absolute atomic E-state index is 12.0. The van der Waals surface area contributed by atoms with E-state index in [2.05, 4.69) is 10.6 Å². The quantitative estimate of drug-likeness (QED) is 0.732. The molecule has 108 valence electrons. The molecule has 0 spiro atoms. The second kappa shape index (κ2) is 5.32. The summed E-state index contributed by atoms with van der Waals surface area (Å²) >= 11 is 0. The number of carbonyl (C=O) groups is 1. The SMILES string of the molecule is Nc1ccccc1C1(NC(=O)NCC2CCCO2)CC1. The largest absolute Gasteiger partial charge is 0.398 e. The van der Waals surface area contributed by atoms with Gasteiger partial charge in [-0.3, -0.25) is 0 Å². The van der Waals surface area contributed by atoms with Gasteiger partial charge in [0.15, 0.2) is 0 Å². The maximum Gasteiger partial charge on any atom is 0.315 e. The van der Waals surface area contributed by atoms with E-state index in [1.807, 2.05) is 24.3 Å². The number of amides is 2. The third-order valence-electron chi connectivity index (χ3n) is 4.09. The summed E-state index contributed by atoms with van der Waals surface area (Å²) < 4.78 is 5.49. The maximum atomic E-state index is 12.0. The fraction of sp³-hybridized carbons (Fsp3) is 0.533.